The number of sulfonamides is 1. The van der Waals surface area contributed by atoms with E-state index in [1.807, 2.05) is 11.8 Å². The Morgan fingerprint density at radius 3 is 2.62 bits per heavy atom. The third kappa shape index (κ3) is 6.36. The number of aryl methyl sites for hydroxylation is 1. The molecule has 7 heteroatoms. The molecule has 5 nitrogen and oxygen atoms in total. The van der Waals surface area contributed by atoms with E-state index in [0.717, 1.165) is 22.8 Å². The fraction of sp³-hybridized carbons (Fsp3) is 0.588. The molecule has 134 valence electrons. The molecule has 2 N–H and O–H groups in total. The highest BCUT2D eigenvalue weighted by Gasteiger charge is 2.14. The zero-order chi connectivity index (χ0) is 17.6. The van der Waals surface area contributed by atoms with Crippen molar-refractivity contribution in [3.63, 3.8) is 0 Å². The molecule has 1 aromatic rings. The van der Waals surface area contributed by atoms with Crippen LogP contribution in [0.15, 0.2) is 18.2 Å². The number of nitrogens with one attached hydrogen (secondary N) is 2. The van der Waals surface area contributed by atoms with Crippen LogP contribution >= 0.6 is 11.8 Å². The van der Waals surface area contributed by atoms with Crippen LogP contribution in [0.25, 0.3) is 0 Å². The third-order valence-corrected chi connectivity index (χ3v) is 6.06. The van der Waals surface area contributed by atoms with E-state index in [0.29, 0.717) is 17.8 Å². The van der Waals surface area contributed by atoms with Gasteiger partial charge in [0, 0.05) is 23.1 Å². The number of benzene rings is 1. The molecule has 1 amide bonds. The Morgan fingerprint density at radius 1 is 1.25 bits per heavy atom. The van der Waals surface area contributed by atoms with Crippen molar-refractivity contribution in [3.05, 3.63) is 29.3 Å². The molecule has 0 atom stereocenters. The van der Waals surface area contributed by atoms with Crippen molar-refractivity contribution in [1.82, 2.24) is 5.32 Å². The highest BCUT2D eigenvalue weighted by Crippen LogP contribution is 2.27. The number of hydrogen-bond donors (Lipinski definition) is 2. The van der Waals surface area contributed by atoms with E-state index >= 15 is 0 Å². The maximum Gasteiger partial charge on any atom is 0.251 e. The van der Waals surface area contributed by atoms with Crippen molar-refractivity contribution in [2.24, 2.45) is 0 Å². The number of amides is 1. The molecule has 1 aromatic carbocycles. The summed E-state index contributed by atoms with van der Waals surface area (Å²) in [4.78, 5) is 12.2. The minimum absolute atomic E-state index is 0.171. The van der Waals surface area contributed by atoms with Gasteiger partial charge in [0.25, 0.3) is 5.91 Å². The van der Waals surface area contributed by atoms with Crippen LogP contribution in [0.3, 0.4) is 0 Å². The summed E-state index contributed by atoms with van der Waals surface area (Å²) in [7, 11) is -3.36. The molecule has 0 bridgehead atoms. The first-order valence-corrected chi connectivity index (χ1v) is 11.3. The van der Waals surface area contributed by atoms with Crippen LogP contribution in [0.1, 0.15) is 48.0 Å². The molecule has 1 fully saturated rings. The van der Waals surface area contributed by atoms with Gasteiger partial charge in [-0.2, -0.15) is 11.8 Å². The molecule has 0 heterocycles. The fourth-order valence-corrected chi connectivity index (χ4v) is 4.64. The largest absolute Gasteiger partial charge is 0.351 e. The zero-order valence-electron chi connectivity index (χ0n) is 14.3. The number of carbonyl (C=O) groups is 1. The lowest BCUT2D eigenvalue weighted by molar-refractivity contribution is 0.0956. The first kappa shape index (κ1) is 19.1. The molecule has 2 rings (SSSR count). The standard InChI is InChI=1S/C17H26N2O3S2/c1-13-8-9-14(12-16(13)19-24(2,21)22)17(20)18-10-11-23-15-6-4-3-5-7-15/h8-9,12,15,19H,3-7,10-11H2,1-2H3,(H,18,20). The van der Waals surface area contributed by atoms with Gasteiger partial charge < -0.3 is 5.32 Å². The van der Waals surface area contributed by atoms with Crippen LogP contribution in [0.4, 0.5) is 5.69 Å². The number of hydrogen-bond acceptors (Lipinski definition) is 4. The van der Waals surface area contributed by atoms with Crippen LogP contribution in [0.5, 0.6) is 0 Å². The van der Waals surface area contributed by atoms with Crippen molar-refractivity contribution < 1.29 is 13.2 Å². The van der Waals surface area contributed by atoms with E-state index in [4.69, 9.17) is 0 Å². The van der Waals surface area contributed by atoms with Crippen LogP contribution in [0.2, 0.25) is 0 Å². The molecule has 1 aliphatic rings. The van der Waals surface area contributed by atoms with Gasteiger partial charge in [0.15, 0.2) is 0 Å². The highest BCUT2D eigenvalue weighted by atomic mass is 32.2. The lowest BCUT2D eigenvalue weighted by atomic mass is 10.0. The summed E-state index contributed by atoms with van der Waals surface area (Å²) >= 11 is 1.94. The number of rotatable bonds is 7. The second-order valence-corrected chi connectivity index (χ2v) is 9.45. The van der Waals surface area contributed by atoms with Gasteiger partial charge in [-0.25, -0.2) is 8.42 Å². The number of anilines is 1. The summed E-state index contributed by atoms with van der Waals surface area (Å²) in [6, 6.07) is 5.05. The van der Waals surface area contributed by atoms with E-state index in [1.54, 1.807) is 25.1 Å². The lowest BCUT2D eigenvalue weighted by Gasteiger charge is -2.20. The lowest BCUT2D eigenvalue weighted by Crippen LogP contribution is -2.26. The van der Waals surface area contributed by atoms with Crippen molar-refractivity contribution in [3.8, 4) is 0 Å². The fourth-order valence-electron chi connectivity index (χ4n) is 2.80. The smallest absolute Gasteiger partial charge is 0.251 e. The summed E-state index contributed by atoms with van der Waals surface area (Å²) in [5.74, 6) is 0.743. The number of carbonyl (C=O) groups excluding carboxylic acids is 1. The normalized spacial score (nSPS) is 15.9. The van der Waals surface area contributed by atoms with Gasteiger partial charge in [0.1, 0.15) is 0 Å². The van der Waals surface area contributed by atoms with Gasteiger partial charge in [-0.3, -0.25) is 9.52 Å². The Hall–Kier alpha value is -1.21. The van der Waals surface area contributed by atoms with Crippen molar-refractivity contribution in [2.75, 3.05) is 23.3 Å². The van der Waals surface area contributed by atoms with Gasteiger partial charge in [-0.1, -0.05) is 25.3 Å². The summed E-state index contributed by atoms with van der Waals surface area (Å²) < 4.78 is 25.2. The molecule has 1 saturated carbocycles. The molecule has 0 saturated heterocycles. The Morgan fingerprint density at radius 2 is 1.96 bits per heavy atom. The molecular weight excluding hydrogens is 344 g/mol. The highest BCUT2D eigenvalue weighted by molar-refractivity contribution is 7.99. The first-order valence-electron chi connectivity index (χ1n) is 8.33. The zero-order valence-corrected chi connectivity index (χ0v) is 15.9. The second kappa shape index (κ2) is 8.76. The van der Waals surface area contributed by atoms with Crippen LogP contribution in [-0.4, -0.2) is 38.1 Å². The Balaban J connectivity index is 1.84. The second-order valence-electron chi connectivity index (χ2n) is 6.29. The summed E-state index contributed by atoms with van der Waals surface area (Å²) in [6.45, 7) is 2.43. The number of thioether (sulfide) groups is 1. The average Bonchev–Trinajstić information content (AvgIpc) is 2.53. The molecule has 24 heavy (non-hydrogen) atoms. The van der Waals surface area contributed by atoms with E-state index in [2.05, 4.69) is 10.0 Å². The van der Waals surface area contributed by atoms with Gasteiger partial charge in [0.05, 0.1) is 11.9 Å². The van der Waals surface area contributed by atoms with Crippen LogP contribution < -0.4 is 10.0 Å². The van der Waals surface area contributed by atoms with E-state index < -0.39 is 10.0 Å². The summed E-state index contributed by atoms with van der Waals surface area (Å²) in [5.41, 5.74) is 1.70. The minimum Gasteiger partial charge on any atom is -0.351 e. The maximum absolute atomic E-state index is 12.2. The monoisotopic (exact) mass is 370 g/mol. The Labute approximate surface area is 149 Å². The summed E-state index contributed by atoms with van der Waals surface area (Å²) in [6.07, 6.45) is 7.67. The van der Waals surface area contributed by atoms with Crippen LogP contribution in [-0.2, 0) is 10.0 Å². The molecule has 0 aliphatic heterocycles. The summed E-state index contributed by atoms with van der Waals surface area (Å²) in [5, 5.41) is 3.65. The van der Waals surface area contributed by atoms with Gasteiger partial charge in [0.2, 0.25) is 10.0 Å². The van der Waals surface area contributed by atoms with Gasteiger partial charge in [-0.05, 0) is 37.5 Å². The molecule has 0 aromatic heterocycles. The third-order valence-electron chi connectivity index (χ3n) is 4.09. The quantitative estimate of drug-likeness (QED) is 0.723. The van der Waals surface area contributed by atoms with E-state index in [1.165, 1.54) is 32.1 Å². The van der Waals surface area contributed by atoms with Gasteiger partial charge >= 0.3 is 0 Å². The van der Waals surface area contributed by atoms with Crippen molar-refractivity contribution in [2.45, 2.75) is 44.3 Å². The average molecular weight is 371 g/mol. The maximum atomic E-state index is 12.2. The Kier molecular flexibility index (Phi) is 6.98. The first-order chi connectivity index (χ1) is 11.3. The van der Waals surface area contributed by atoms with Crippen molar-refractivity contribution >= 4 is 33.4 Å². The topological polar surface area (TPSA) is 75.3 Å². The minimum atomic E-state index is -3.36. The molecule has 1 aliphatic carbocycles. The van der Waals surface area contributed by atoms with E-state index in [-0.39, 0.29) is 5.91 Å². The SMILES string of the molecule is Cc1ccc(C(=O)NCCSC2CCCCC2)cc1NS(C)(=O)=O. The molecule has 0 radical (unpaired) electrons. The van der Waals surface area contributed by atoms with E-state index in [9.17, 15) is 13.2 Å². The molecular formula is C17H26N2O3S2. The Bertz CT molecular complexity index is 668. The van der Waals surface area contributed by atoms with Gasteiger partial charge in [-0.15, -0.1) is 0 Å². The van der Waals surface area contributed by atoms with Crippen molar-refractivity contribution in [1.29, 1.82) is 0 Å². The predicted octanol–water partition coefficient (Wildman–Crippen LogP) is 3.16. The molecule has 0 spiro atoms. The predicted molar refractivity (Wildman–Crippen MR) is 101 cm³/mol. The van der Waals surface area contributed by atoms with Crippen LogP contribution in [0, 0.1) is 6.92 Å². The molecule has 0 unspecified atom stereocenters.